The van der Waals surface area contributed by atoms with Crippen molar-refractivity contribution in [3.8, 4) is 0 Å². The normalized spacial score (nSPS) is 12.4. The predicted molar refractivity (Wildman–Crippen MR) is 51.2 cm³/mol. The molecule has 7 heteroatoms. The fourth-order valence-electron chi connectivity index (χ4n) is 1.23. The van der Waals surface area contributed by atoms with Gasteiger partial charge in [-0.25, -0.2) is 9.78 Å². The van der Waals surface area contributed by atoms with Crippen LogP contribution in [0.25, 0.3) is 0 Å². The molecule has 0 saturated carbocycles. The number of amides is 1. The van der Waals surface area contributed by atoms with Gasteiger partial charge in [-0.15, -0.1) is 0 Å². The molecule has 0 spiro atoms. The lowest BCUT2D eigenvalue weighted by atomic mass is 10.2. The smallest absolute Gasteiger partial charge is 0.404 e. The van der Waals surface area contributed by atoms with Crippen LogP contribution in [-0.2, 0) is 7.05 Å². The van der Waals surface area contributed by atoms with Crippen LogP contribution in [0.3, 0.4) is 0 Å². The van der Waals surface area contributed by atoms with E-state index in [1.807, 2.05) is 0 Å². The molecule has 0 radical (unpaired) electrons. The van der Waals surface area contributed by atoms with Crippen LogP contribution in [0.2, 0.25) is 0 Å². The highest BCUT2D eigenvalue weighted by molar-refractivity contribution is 5.64. The number of carbonyl (C=O) groups is 1. The Bertz CT molecular complexity index is 325. The van der Waals surface area contributed by atoms with Gasteiger partial charge in [0, 0.05) is 13.6 Å². The van der Waals surface area contributed by atoms with Gasteiger partial charge in [-0.1, -0.05) is 0 Å². The topological polar surface area (TPSA) is 100 Å². The number of nitrogens with one attached hydrogen (secondary N) is 1. The second-order valence-electron chi connectivity index (χ2n) is 3.13. The fraction of sp³-hybridized carbons (Fsp3) is 0.625. The number of hydrogen-bond acceptors (Lipinski definition) is 4. The van der Waals surface area contributed by atoms with Gasteiger partial charge in [0.15, 0.2) is 5.82 Å². The first-order chi connectivity index (χ1) is 7.11. The number of nitrogens with zero attached hydrogens (tertiary/aromatic N) is 3. The number of carboxylic acid groups (broad SMARTS) is 1. The largest absolute Gasteiger partial charge is 0.465 e. The minimum Gasteiger partial charge on any atom is -0.465 e. The van der Waals surface area contributed by atoms with Crippen LogP contribution in [0.5, 0.6) is 0 Å². The maximum Gasteiger partial charge on any atom is 0.404 e. The van der Waals surface area contributed by atoms with Crippen LogP contribution < -0.4 is 5.32 Å². The zero-order chi connectivity index (χ0) is 11.3. The van der Waals surface area contributed by atoms with Crippen molar-refractivity contribution in [2.75, 3.05) is 6.54 Å². The Kier molecular flexibility index (Phi) is 4.04. The second kappa shape index (κ2) is 5.30. The Labute approximate surface area is 86.7 Å². The van der Waals surface area contributed by atoms with E-state index in [2.05, 4.69) is 15.4 Å². The third-order valence-electron chi connectivity index (χ3n) is 1.98. The molecule has 84 valence electrons. The standard InChI is InChI=1S/C8H14N4O3/c1-12-7(10-5-11-12)6(13)3-2-4-9-8(14)15/h5-6,9,13H,2-4H2,1H3,(H,14,15). The highest BCUT2D eigenvalue weighted by Crippen LogP contribution is 2.13. The molecule has 1 rings (SSSR count). The summed E-state index contributed by atoms with van der Waals surface area (Å²) in [7, 11) is 1.70. The molecule has 0 aliphatic carbocycles. The van der Waals surface area contributed by atoms with E-state index in [9.17, 15) is 9.90 Å². The Balaban J connectivity index is 2.28. The Morgan fingerprint density at radius 3 is 3.00 bits per heavy atom. The molecule has 7 nitrogen and oxygen atoms in total. The van der Waals surface area contributed by atoms with Crippen molar-refractivity contribution in [2.24, 2.45) is 7.05 Å². The summed E-state index contributed by atoms with van der Waals surface area (Å²) in [6, 6.07) is 0. The minimum absolute atomic E-state index is 0.324. The summed E-state index contributed by atoms with van der Waals surface area (Å²) in [6.07, 6.45) is 0.623. The molecular formula is C8H14N4O3. The van der Waals surface area contributed by atoms with E-state index in [0.29, 0.717) is 25.2 Å². The molecule has 1 atom stereocenters. The number of aliphatic hydroxyl groups excluding tert-OH is 1. The van der Waals surface area contributed by atoms with E-state index in [1.165, 1.54) is 11.0 Å². The van der Waals surface area contributed by atoms with Gasteiger partial charge in [0.2, 0.25) is 0 Å². The minimum atomic E-state index is -1.05. The first-order valence-electron chi connectivity index (χ1n) is 4.60. The molecule has 1 aromatic heterocycles. The van der Waals surface area contributed by atoms with Crippen molar-refractivity contribution < 1.29 is 15.0 Å². The summed E-state index contributed by atoms with van der Waals surface area (Å²) in [5.74, 6) is 0.491. The molecule has 0 fully saturated rings. The summed E-state index contributed by atoms with van der Waals surface area (Å²) in [4.78, 5) is 14.0. The van der Waals surface area contributed by atoms with Crippen LogP contribution in [0.1, 0.15) is 24.8 Å². The number of aliphatic hydroxyl groups is 1. The average Bonchev–Trinajstić information content (AvgIpc) is 2.58. The molecule has 3 N–H and O–H groups in total. The van der Waals surface area contributed by atoms with Crippen LogP contribution >= 0.6 is 0 Å². The zero-order valence-electron chi connectivity index (χ0n) is 8.42. The SMILES string of the molecule is Cn1ncnc1C(O)CCCNC(=O)O. The van der Waals surface area contributed by atoms with Gasteiger partial charge >= 0.3 is 6.09 Å². The van der Waals surface area contributed by atoms with E-state index in [1.54, 1.807) is 7.05 Å². The monoisotopic (exact) mass is 214 g/mol. The molecule has 1 unspecified atom stereocenters. The van der Waals surface area contributed by atoms with Gasteiger partial charge in [-0.3, -0.25) is 4.68 Å². The second-order valence-corrected chi connectivity index (χ2v) is 3.13. The van der Waals surface area contributed by atoms with Crippen molar-refractivity contribution in [3.63, 3.8) is 0 Å². The third kappa shape index (κ3) is 3.55. The van der Waals surface area contributed by atoms with Crippen LogP contribution in [0, 0.1) is 0 Å². The number of aromatic nitrogens is 3. The molecule has 0 bridgehead atoms. The van der Waals surface area contributed by atoms with E-state index in [0.717, 1.165) is 0 Å². The number of aryl methyl sites for hydroxylation is 1. The Morgan fingerprint density at radius 1 is 1.73 bits per heavy atom. The van der Waals surface area contributed by atoms with Crippen molar-refractivity contribution in [1.29, 1.82) is 0 Å². The predicted octanol–water partition coefficient (Wildman–Crippen LogP) is -0.104. The first-order valence-corrected chi connectivity index (χ1v) is 4.60. The molecule has 0 aliphatic rings. The molecule has 0 aromatic carbocycles. The molecular weight excluding hydrogens is 200 g/mol. The van der Waals surface area contributed by atoms with Crippen molar-refractivity contribution in [2.45, 2.75) is 18.9 Å². The van der Waals surface area contributed by atoms with E-state index in [-0.39, 0.29) is 0 Å². The lowest BCUT2D eigenvalue weighted by Crippen LogP contribution is -2.22. The van der Waals surface area contributed by atoms with E-state index in [4.69, 9.17) is 5.11 Å². The summed E-state index contributed by atoms with van der Waals surface area (Å²) >= 11 is 0. The molecule has 1 heterocycles. The van der Waals surface area contributed by atoms with Crippen molar-refractivity contribution in [3.05, 3.63) is 12.2 Å². The summed E-state index contributed by atoms with van der Waals surface area (Å²) in [5, 5.41) is 24.0. The van der Waals surface area contributed by atoms with Crippen molar-refractivity contribution in [1.82, 2.24) is 20.1 Å². The van der Waals surface area contributed by atoms with E-state index < -0.39 is 12.2 Å². The molecule has 1 amide bonds. The molecule has 0 saturated heterocycles. The van der Waals surface area contributed by atoms with Gasteiger partial charge in [0.1, 0.15) is 12.4 Å². The zero-order valence-corrected chi connectivity index (χ0v) is 8.42. The number of hydrogen-bond donors (Lipinski definition) is 3. The highest BCUT2D eigenvalue weighted by atomic mass is 16.4. The van der Waals surface area contributed by atoms with Gasteiger partial charge < -0.3 is 15.5 Å². The van der Waals surface area contributed by atoms with Gasteiger partial charge in [-0.2, -0.15) is 5.10 Å². The van der Waals surface area contributed by atoms with Gasteiger partial charge in [-0.05, 0) is 12.8 Å². The molecule has 1 aromatic rings. The van der Waals surface area contributed by atoms with Crippen LogP contribution in [0.4, 0.5) is 4.79 Å². The third-order valence-corrected chi connectivity index (χ3v) is 1.98. The average molecular weight is 214 g/mol. The summed E-state index contributed by atoms with van der Waals surface area (Å²) in [6.45, 7) is 0.324. The summed E-state index contributed by atoms with van der Waals surface area (Å²) < 4.78 is 1.50. The molecule has 15 heavy (non-hydrogen) atoms. The quantitative estimate of drug-likeness (QED) is 0.594. The summed E-state index contributed by atoms with van der Waals surface area (Å²) in [5.41, 5.74) is 0. The first kappa shape index (κ1) is 11.4. The van der Waals surface area contributed by atoms with Gasteiger partial charge in [0.05, 0.1) is 0 Å². The van der Waals surface area contributed by atoms with Gasteiger partial charge in [0.25, 0.3) is 0 Å². The Hall–Kier alpha value is -1.63. The highest BCUT2D eigenvalue weighted by Gasteiger charge is 2.12. The maximum absolute atomic E-state index is 10.1. The van der Waals surface area contributed by atoms with Crippen molar-refractivity contribution >= 4 is 6.09 Å². The van der Waals surface area contributed by atoms with Crippen LogP contribution in [0.15, 0.2) is 6.33 Å². The number of rotatable bonds is 5. The maximum atomic E-state index is 10.1. The fourth-order valence-corrected chi connectivity index (χ4v) is 1.23. The lowest BCUT2D eigenvalue weighted by Gasteiger charge is -2.08. The molecule has 0 aliphatic heterocycles. The Morgan fingerprint density at radius 2 is 2.47 bits per heavy atom. The van der Waals surface area contributed by atoms with Crippen LogP contribution in [-0.4, -0.2) is 37.6 Å². The van der Waals surface area contributed by atoms with E-state index >= 15 is 0 Å². The lowest BCUT2D eigenvalue weighted by molar-refractivity contribution is 0.149.